The molecule has 0 spiro atoms. The minimum absolute atomic E-state index is 0.0919. The predicted molar refractivity (Wildman–Crippen MR) is 94.1 cm³/mol. The molecule has 1 unspecified atom stereocenters. The van der Waals surface area contributed by atoms with Crippen LogP contribution < -0.4 is 4.72 Å². The minimum atomic E-state index is -3.67. The largest absolute Gasteiger partial charge is 0.242 e. The van der Waals surface area contributed by atoms with Crippen LogP contribution in [0.1, 0.15) is 18.5 Å². The summed E-state index contributed by atoms with van der Waals surface area (Å²) in [7, 11) is -3.67. The summed E-state index contributed by atoms with van der Waals surface area (Å²) in [5.74, 6) is 0. The average molecular weight is 346 g/mol. The molecule has 23 heavy (non-hydrogen) atoms. The van der Waals surface area contributed by atoms with Gasteiger partial charge in [-0.1, -0.05) is 60.1 Å². The Labute approximate surface area is 141 Å². The lowest BCUT2D eigenvalue weighted by Gasteiger charge is -2.16. The summed E-state index contributed by atoms with van der Waals surface area (Å²) in [6, 6.07) is 20.0. The number of rotatable bonds is 4. The van der Waals surface area contributed by atoms with Gasteiger partial charge in [-0.3, -0.25) is 0 Å². The highest BCUT2D eigenvalue weighted by Crippen LogP contribution is 2.24. The zero-order valence-electron chi connectivity index (χ0n) is 12.5. The number of sulfonamides is 1. The third-order valence-corrected chi connectivity index (χ3v) is 5.77. The van der Waals surface area contributed by atoms with E-state index in [0.29, 0.717) is 0 Å². The average Bonchev–Trinajstić information content (AvgIpc) is 2.54. The maximum atomic E-state index is 12.5. The van der Waals surface area contributed by atoms with Crippen LogP contribution >= 0.6 is 11.6 Å². The molecule has 3 aromatic rings. The van der Waals surface area contributed by atoms with Crippen molar-refractivity contribution in [3.8, 4) is 0 Å². The van der Waals surface area contributed by atoms with Gasteiger partial charge in [-0.2, -0.15) is 0 Å². The predicted octanol–water partition coefficient (Wildman–Crippen LogP) is 4.53. The maximum absolute atomic E-state index is 12.5. The monoisotopic (exact) mass is 345 g/mol. The summed E-state index contributed by atoms with van der Waals surface area (Å²) >= 11 is 6.00. The van der Waals surface area contributed by atoms with Gasteiger partial charge >= 0.3 is 0 Å². The molecule has 1 N–H and O–H groups in total. The first-order chi connectivity index (χ1) is 11.0. The van der Waals surface area contributed by atoms with E-state index in [0.717, 1.165) is 16.3 Å². The van der Waals surface area contributed by atoms with Gasteiger partial charge in [0.2, 0.25) is 10.0 Å². The molecular formula is C18H16ClNO2S. The lowest BCUT2D eigenvalue weighted by atomic mass is 10.0. The fraction of sp³-hybridized carbons (Fsp3) is 0.111. The molecule has 0 saturated heterocycles. The van der Waals surface area contributed by atoms with Crippen LogP contribution in [0.5, 0.6) is 0 Å². The van der Waals surface area contributed by atoms with E-state index in [2.05, 4.69) is 4.72 Å². The van der Waals surface area contributed by atoms with E-state index in [1.54, 1.807) is 18.2 Å². The Balaban J connectivity index is 1.90. The molecule has 3 rings (SSSR count). The van der Waals surface area contributed by atoms with Crippen LogP contribution in [0.15, 0.2) is 71.6 Å². The first-order valence-electron chi connectivity index (χ1n) is 7.23. The standard InChI is InChI=1S/C18H16ClNO2S/c1-13(15-11-10-14-6-2-3-7-16(14)12-15)20-23(21,22)18-9-5-4-8-17(18)19/h2-13,20H,1H3. The Morgan fingerprint density at radius 1 is 0.913 bits per heavy atom. The van der Waals surface area contributed by atoms with Crippen LogP contribution in [0.25, 0.3) is 10.8 Å². The Kier molecular flexibility index (Phi) is 4.39. The summed E-state index contributed by atoms with van der Waals surface area (Å²) in [5.41, 5.74) is 0.902. The Hall–Kier alpha value is -1.88. The van der Waals surface area contributed by atoms with Crippen molar-refractivity contribution in [2.45, 2.75) is 17.9 Å². The molecule has 0 fully saturated rings. The topological polar surface area (TPSA) is 46.2 Å². The third-order valence-electron chi connectivity index (χ3n) is 3.73. The molecule has 0 aromatic heterocycles. The van der Waals surface area contributed by atoms with Crippen LogP contribution in [0.3, 0.4) is 0 Å². The highest BCUT2D eigenvalue weighted by molar-refractivity contribution is 7.89. The van der Waals surface area contributed by atoms with Crippen molar-refractivity contribution >= 4 is 32.4 Å². The molecule has 0 saturated carbocycles. The molecule has 1 atom stereocenters. The summed E-state index contributed by atoms with van der Waals surface area (Å²) < 4.78 is 27.7. The van der Waals surface area contributed by atoms with Crippen LogP contribution in [0.4, 0.5) is 0 Å². The first-order valence-corrected chi connectivity index (χ1v) is 9.09. The normalized spacial score (nSPS) is 13.1. The number of halogens is 1. The Morgan fingerprint density at radius 2 is 1.57 bits per heavy atom. The van der Waals surface area contributed by atoms with E-state index in [1.165, 1.54) is 6.07 Å². The number of fused-ring (bicyclic) bond motifs is 1. The van der Waals surface area contributed by atoms with Gasteiger partial charge in [0.15, 0.2) is 0 Å². The smallest absolute Gasteiger partial charge is 0.207 e. The minimum Gasteiger partial charge on any atom is -0.207 e. The second-order valence-electron chi connectivity index (χ2n) is 5.38. The van der Waals surface area contributed by atoms with E-state index in [4.69, 9.17) is 11.6 Å². The highest BCUT2D eigenvalue weighted by Gasteiger charge is 2.20. The van der Waals surface area contributed by atoms with Crippen molar-refractivity contribution < 1.29 is 8.42 Å². The molecule has 0 bridgehead atoms. The lowest BCUT2D eigenvalue weighted by Crippen LogP contribution is -2.27. The summed E-state index contributed by atoms with van der Waals surface area (Å²) in [6.07, 6.45) is 0. The van der Waals surface area contributed by atoms with Gasteiger partial charge in [0, 0.05) is 6.04 Å². The zero-order chi connectivity index (χ0) is 16.4. The number of benzene rings is 3. The molecule has 5 heteroatoms. The molecule has 0 aliphatic carbocycles. The van der Waals surface area contributed by atoms with Crippen molar-refractivity contribution in [2.75, 3.05) is 0 Å². The fourth-order valence-corrected chi connectivity index (χ4v) is 4.26. The second kappa shape index (κ2) is 6.32. The van der Waals surface area contributed by atoms with Gasteiger partial charge in [0.25, 0.3) is 0 Å². The molecule has 3 nitrogen and oxygen atoms in total. The van der Waals surface area contributed by atoms with E-state index in [-0.39, 0.29) is 16.0 Å². The Bertz CT molecular complexity index is 954. The van der Waals surface area contributed by atoms with Gasteiger partial charge in [-0.15, -0.1) is 0 Å². The van der Waals surface area contributed by atoms with Crippen LogP contribution in [0.2, 0.25) is 5.02 Å². The van der Waals surface area contributed by atoms with Crippen molar-refractivity contribution in [2.24, 2.45) is 0 Å². The molecule has 3 aromatic carbocycles. The first kappa shape index (κ1) is 16.0. The van der Waals surface area contributed by atoms with Crippen LogP contribution in [-0.2, 0) is 10.0 Å². The molecule has 0 aliphatic rings. The van der Waals surface area contributed by atoms with Gasteiger partial charge < -0.3 is 0 Å². The summed E-state index contributed by atoms with van der Waals surface area (Å²) in [5, 5.41) is 2.41. The zero-order valence-corrected chi connectivity index (χ0v) is 14.1. The van der Waals surface area contributed by atoms with Crippen LogP contribution in [0, 0.1) is 0 Å². The van der Waals surface area contributed by atoms with Gasteiger partial charge in [0.1, 0.15) is 4.90 Å². The van der Waals surface area contributed by atoms with Gasteiger partial charge in [0.05, 0.1) is 5.02 Å². The molecule has 0 heterocycles. The van der Waals surface area contributed by atoms with E-state index < -0.39 is 10.0 Å². The molecule has 0 aliphatic heterocycles. The number of hydrogen-bond donors (Lipinski definition) is 1. The van der Waals surface area contributed by atoms with Crippen molar-refractivity contribution in [1.82, 2.24) is 4.72 Å². The van der Waals surface area contributed by atoms with Gasteiger partial charge in [-0.25, -0.2) is 13.1 Å². The molecular weight excluding hydrogens is 330 g/mol. The van der Waals surface area contributed by atoms with E-state index in [1.807, 2.05) is 49.4 Å². The van der Waals surface area contributed by atoms with E-state index in [9.17, 15) is 8.42 Å². The fourth-order valence-electron chi connectivity index (χ4n) is 2.50. The lowest BCUT2D eigenvalue weighted by molar-refractivity contribution is 0.567. The molecule has 118 valence electrons. The second-order valence-corrected chi connectivity index (χ2v) is 7.47. The van der Waals surface area contributed by atoms with Crippen molar-refractivity contribution in [3.05, 3.63) is 77.3 Å². The van der Waals surface area contributed by atoms with E-state index >= 15 is 0 Å². The SMILES string of the molecule is CC(NS(=O)(=O)c1ccccc1Cl)c1ccc2ccccc2c1. The summed E-state index contributed by atoms with van der Waals surface area (Å²) in [6.45, 7) is 1.82. The quantitative estimate of drug-likeness (QED) is 0.755. The van der Waals surface area contributed by atoms with Crippen LogP contribution in [-0.4, -0.2) is 8.42 Å². The molecule has 0 amide bonds. The maximum Gasteiger partial charge on any atom is 0.242 e. The van der Waals surface area contributed by atoms with Crippen molar-refractivity contribution in [1.29, 1.82) is 0 Å². The third kappa shape index (κ3) is 3.39. The van der Waals surface area contributed by atoms with Crippen molar-refractivity contribution in [3.63, 3.8) is 0 Å². The summed E-state index contributed by atoms with van der Waals surface area (Å²) in [4.78, 5) is 0.0919. The number of nitrogens with one attached hydrogen (secondary N) is 1. The van der Waals surface area contributed by atoms with Gasteiger partial charge in [-0.05, 0) is 41.5 Å². The number of hydrogen-bond acceptors (Lipinski definition) is 2. The molecule has 0 radical (unpaired) electrons. The Morgan fingerprint density at radius 3 is 2.30 bits per heavy atom. The highest BCUT2D eigenvalue weighted by atomic mass is 35.5.